The fourth-order valence-electron chi connectivity index (χ4n) is 3.16. The van der Waals surface area contributed by atoms with Gasteiger partial charge in [0.05, 0.1) is 16.6 Å². The average Bonchev–Trinajstić information content (AvgIpc) is 3.11. The largest absolute Gasteiger partial charge is 0.322 e. The Balaban J connectivity index is 1.79. The molecule has 3 nitrogen and oxygen atoms in total. The predicted molar refractivity (Wildman–Crippen MR) is 99.7 cm³/mol. The summed E-state index contributed by atoms with van der Waals surface area (Å²) in [5.41, 5.74) is 1.08. The first-order chi connectivity index (χ1) is 12.0. The quantitative estimate of drug-likeness (QED) is 0.681. The van der Waals surface area contributed by atoms with Crippen LogP contribution < -0.4 is 5.32 Å². The van der Waals surface area contributed by atoms with Crippen LogP contribution in [0.2, 0.25) is 10.0 Å². The molecule has 1 aliphatic carbocycles. The van der Waals surface area contributed by atoms with Gasteiger partial charge in [-0.2, -0.15) is 0 Å². The van der Waals surface area contributed by atoms with Crippen LogP contribution in [-0.2, 0) is 6.54 Å². The van der Waals surface area contributed by atoms with Crippen molar-refractivity contribution in [3.05, 3.63) is 63.9 Å². The van der Waals surface area contributed by atoms with Gasteiger partial charge in [0.1, 0.15) is 5.82 Å². The van der Waals surface area contributed by atoms with Crippen molar-refractivity contribution in [2.75, 3.05) is 5.32 Å². The summed E-state index contributed by atoms with van der Waals surface area (Å²) in [7, 11) is 0. The van der Waals surface area contributed by atoms with E-state index in [1.54, 1.807) is 41.3 Å². The molecule has 2 aromatic carbocycles. The Labute approximate surface area is 156 Å². The van der Waals surface area contributed by atoms with E-state index < -0.39 is 0 Å². The van der Waals surface area contributed by atoms with Crippen LogP contribution in [0.15, 0.2) is 42.5 Å². The van der Waals surface area contributed by atoms with Crippen LogP contribution in [0.3, 0.4) is 0 Å². The second kappa shape index (κ2) is 8.07. The number of carbonyl (C=O) groups excluding carboxylic acids is 1. The SMILES string of the molecule is O=C(Nc1ccc(Cl)c(Cl)c1)N(Cc1ccccc1F)C1CCCC1. The zero-order valence-electron chi connectivity index (χ0n) is 13.6. The molecule has 0 radical (unpaired) electrons. The van der Waals surface area contributed by atoms with Gasteiger partial charge in [-0.3, -0.25) is 0 Å². The Bertz CT molecular complexity index is 763. The van der Waals surface area contributed by atoms with Gasteiger partial charge in [0, 0.05) is 17.3 Å². The lowest BCUT2D eigenvalue weighted by atomic mass is 10.1. The highest BCUT2D eigenvalue weighted by molar-refractivity contribution is 6.42. The third-order valence-electron chi connectivity index (χ3n) is 4.50. The maximum atomic E-state index is 14.0. The Morgan fingerprint density at radius 3 is 2.52 bits per heavy atom. The van der Waals surface area contributed by atoms with Gasteiger partial charge in [-0.25, -0.2) is 9.18 Å². The molecule has 0 atom stereocenters. The zero-order chi connectivity index (χ0) is 17.8. The molecule has 25 heavy (non-hydrogen) atoms. The number of hydrogen-bond donors (Lipinski definition) is 1. The predicted octanol–water partition coefficient (Wildman–Crippen LogP) is 6.11. The van der Waals surface area contributed by atoms with Gasteiger partial charge in [-0.1, -0.05) is 54.2 Å². The topological polar surface area (TPSA) is 32.3 Å². The van der Waals surface area contributed by atoms with Gasteiger partial charge < -0.3 is 10.2 Å². The van der Waals surface area contributed by atoms with Crippen LogP contribution in [0.4, 0.5) is 14.9 Å². The van der Waals surface area contributed by atoms with Gasteiger partial charge in [0.2, 0.25) is 0 Å². The molecule has 1 N–H and O–H groups in total. The fourth-order valence-corrected chi connectivity index (χ4v) is 3.46. The summed E-state index contributed by atoms with van der Waals surface area (Å²) in [5.74, 6) is -0.298. The van der Waals surface area contributed by atoms with E-state index >= 15 is 0 Å². The molecule has 0 saturated heterocycles. The van der Waals surface area contributed by atoms with Gasteiger partial charge in [0.15, 0.2) is 0 Å². The molecule has 1 saturated carbocycles. The summed E-state index contributed by atoms with van der Waals surface area (Å²) < 4.78 is 14.0. The minimum Gasteiger partial charge on any atom is -0.317 e. The zero-order valence-corrected chi connectivity index (χ0v) is 15.2. The molecule has 2 amide bonds. The lowest BCUT2D eigenvalue weighted by molar-refractivity contribution is 0.183. The van der Waals surface area contributed by atoms with Gasteiger partial charge in [-0.05, 0) is 37.1 Å². The molecule has 132 valence electrons. The minimum absolute atomic E-state index is 0.113. The molecule has 0 spiro atoms. The van der Waals surface area contributed by atoms with Gasteiger partial charge in [-0.15, -0.1) is 0 Å². The number of nitrogens with one attached hydrogen (secondary N) is 1. The number of amides is 2. The van der Waals surface area contributed by atoms with Crippen molar-refractivity contribution >= 4 is 34.9 Å². The van der Waals surface area contributed by atoms with Gasteiger partial charge in [0.25, 0.3) is 0 Å². The lowest BCUT2D eigenvalue weighted by Crippen LogP contribution is -2.41. The summed E-state index contributed by atoms with van der Waals surface area (Å²) in [6.45, 7) is 0.241. The monoisotopic (exact) mass is 380 g/mol. The van der Waals surface area contributed by atoms with Crippen LogP contribution in [0, 0.1) is 5.82 Å². The highest BCUT2D eigenvalue weighted by Crippen LogP contribution is 2.28. The molecular weight excluding hydrogens is 362 g/mol. The van der Waals surface area contributed by atoms with Crippen molar-refractivity contribution in [3.8, 4) is 0 Å². The minimum atomic E-state index is -0.298. The first kappa shape index (κ1) is 18.0. The maximum absolute atomic E-state index is 14.0. The van der Waals surface area contributed by atoms with Crippen molar-refractivity contribution in [3.63, 3.8) is 0 Å². The molecule has 3 rings (SSSR count). The van der Waals surface area contributed by atoms with Crippen LogP contribution in [-0.4, -0.2) is 17.0 Å². The Morgan fingerprint density at radius 2 is 1.84 bits per heavy atom. The molecule has 0 aromatic heterocycles. The van der Waals surface area contributed by atoms with E-state index in [0.717, 1.165) is 25.7 Å². The van der Waals surface area contributed by atoms with E-state index in [4.69, 9.17) is 23.2 Å². The number of anilines is 1. The van der Waals surface area contributed by atoms with Crippen molar-refractivity contribution in [2.45, 2.75) is 38.3 Å². The van der Waals surface area contributed by atoms with E-state index in [0.29, 0.717) is 21.3 Å². The lowest BCUT2D eigenvalue weighted by Gasteiger charge is -2.29. The molecule has 1 fully saturated rings. The summed E-state index contributed by atoms with van der Waals surface area (Å²) in [5, 5.41) is 3.65. The van der Waals surface area contributed by atoms with Crippen LogP contribution >= 0.6 is 23.2 Å². The molecule has 2 aromatic rings. The first-order valence-electron chi connectivity index (χ1n) is 8.30. The van der Waals surface area contributed by atoms with Crippen LogP contribution in [0.5, 0.6) is 0 Å². The molecule has 0 unspecified atom stereocenters. The maximum Gasteiger partial charge on any atom is 0.322 e. The third-order valence-corrected chi connectivity index (χ3v) is 5.23. The fraction of sp³-hybridized carbons (Fsp3) is 0.316. The highest BCUT2D eigenvalue weighted by Gasteiger charge is 2.27. The summed E-state index contributed by atoms with van der Waals surface area (Å²) in [6, 6.07) is 11.4. The molecule has 0 aliphatic heterocycles. The highest BCUT2D eigenvalue weighted by atomic mass is 35.5. The first-order valence-corrected chi connectivity index (χ1v) is 9.06. The number of rotatable bonds is 4. The van der Waals surface area contributed by atoms with Crippen LogP contribution in [0.1, 0.15) is 31.2 Å². The number of nitrogens with zero attached hydrogens (tertiary/aromatic N) is 1. The summed E-state index contributed by atoms with van der Waals surface area (Å²) in [6.07, 6.45) is 4.03. The van der Waals surface area contributed by atoms with Gasteiger partial charge >= 0.3 is 6.03 Å². The molecule has 0 heterocycles. The van der Waals surface area contributed by atoms with E-state index in [1.165, 1.54) is 6.07 Å². The number of benzene rings is 2. The van der Waals surface area contributed by atoms with Crippen molar-refractivity contribution in [1.82, 2.24) is 4.90 Å². The van der Waals surface area contributed by atoms with Crippen molar-refractivity contribution in [2.24, 2.45) is 0 Å². The Morgan fingerprint density at radius 1 is 1.12 bits per heavy atom. The Hall–Kier alpha value is -1.78. The van der Waals surface area contributed by atoms with E-state index in [2.05, 4.69) is 5.32 Å². The van der Waals surface area contributed by atoms with E-state index in [9.17, 15) is 9.18 Å². The molecule has 1 aliphatic rings. The third kappa shape index (κ3) is 4.44. The standard InChI is InChI=1S/C19H19Cl2FN2O/c20-16-10-9-14(11-17(16)21)23-19(25)24(15-6-2-3-7-15)12-13-5-1-4-8-18(13)22/h1,4-5,8-11,15H,2-3,6-7,12H2,(H,23,25). The van der Waals surface area contributed by atoms with Crippen molar-refractivity contribution in [1.29, 1.82) is 0 Å². The average molecular weight is 381 g/mol. The number of halogens is 3. The second-order valence-corrected chi connectivity index (χ2v) is 7.03. The summed E-state index contributed by atoms with van der Waals surface area (Å²) in [4.78, 5) is 14.5. The van der Waals surface area contributed by atoms with E-state index in [-0.39, 0.29) is 24.4 Å². The number of urea groups is 1. The molecular formula is C19H19Cl2FN2O. The van der Waals surface area contributed by atoms with Crippen LogP contribution in [0.25, 0.3) is 0 Å². The van der Waals surface area contributed by atoms with E-state index in [1.807, 2.05) is 0 Å². The number of carbonyl (C=O) groups is 1. The summed E-state index contributed by atoms with van der Waals surface area (Å²) >= 11 is 11.9. The van der Waals surface area contributed by atoms with Crippen molar-refractivity contribution < 1.29 is 9.18 Å². The molecule has 0 bridgehead atoms. The smallest absolute Gasteiger partial charge is 0.317 e. The number of hydrogen-bond acceptors (Lipinski definition) is 1. The Kier molecular flexibility index (Phi) is 5.82. The normalized spacial score (nSPS) is 14.5. The molecule has 6 heteroatoms. The second-order valence-electron chi connectivity index (χ2n) is 6.22.